The number of nitrogens with one attached hydrogen (secondary N) is 1. The van der Waals surface area contributed by atoms with E-state index in [1.165, 1.54) is 0 Å². The summed E-state index contributed by atoms with van der Waals surface area (Å²) in [7, 11) is 0. The molecular formula is C12H10BrClN2OS. The van der Waals surface area contributed by atoms with Crippen LogP contribution in [0.15, 0.2) is 22.7 Å². The maximum Gasteiger partial charge on any atom is 0.252 e. The van der Waals surface area contributed by atoms with Gasteiger partial charge in [-0.2, -0.15) is 17.0 Å². The standard InChI is InChI=1S/C12H10BrClN2OS/c13-9-3-8(4-10(14)5-9)11(17)16-12(6-15)1-2-18-7-12/h3-5H,1-2,7H2,(H,16,17). The number of nitrogens with zero attached hydrogens (tertiary/aromatic N) is 1. The molecule has 1 saturated heterocycles. The fourth-order valence-electron chi connectivity index (χ4n) is 1.75. The average molecular weight is 346 g/mol. The Morgan fingerprint density at radius 2 is 2.33 bits per heavy atom. The molecule has 1 aliphatic heterocycles. The molecule has 1 fully saturated rings. The minimum absolute atomic E-state index is 0.262. The molecule has 3 nitrogen and oxygen atoms in total. The first-order valence-corrected chi connectivity index (χ1v) is 7.65. The maximum atomic E-state index is 12.1. The molecule has 18 heavy (non-hydrogen) atoms. The van der Waals surface area contributed by atoms with Gasteiger partial charge in [0.15, 0.2) is 0 Å². The minimum atomic E-state index is -0.740. The van der Waals surface area contributed by atoms with Crippen molar-refractivity contribution in [3.05, 3.63) is 33.3 Å². The van der Waals surface area contributed by atoms with Crippen molar-refractivity contribution >= 4 is 45.2 Å². The summed E-state index contributed by atoms with van der Waals surface area (Å²) >= 11 is 10.9. The zero-order chi connectivity index (χ0) is 13.2. The van der Waals surface area contributed by atoms with E-state index in [-0.39, 0.29) is 5.91 Å². The van der Waals surface area contributed by atoms with Gasteiger partial charge in [-0.15, -0.1) is 0 Å². The Kier molecular flexibility index (Phi) is 4.21. The molecule has 1 amide bonds. The maximum absolute atomic E-state index is 12.1. The van der Waals surface area contributed by atoms with Gasteiger partial charge in [-0.3, -0.25) is 4.79 Å². The van der Waals surface area contributed by atoms with Crippen molar-refractivity contribution in [1.29, 1.82) is 5.26 Å². The Morgan fingerprint density at radius 3 is 2.89 bits per heavy atom. The smallest absolute Gasteiger partial charge is 0.252 e. The molecule has 0 spiro atoms. The summed E-state index contributed by atoms with van der Waals surface area (Å²) in [4.78, 5) is 12.1. The van der Waals surface area contributed by atoms with E-state index >= 15 is 0 Å². The van der Waals surface area contributed by atoms with Gasteiger partial charge in [0.1, 0.15) is 5.54 Å². The number of carbonyl (C=O) groups excluding carboxylic acids is 1. The number of carbonyl (C=O) groups is 1. The van der Waals surface area contributed by atoms with E-state index in [4.69, 9.17) is 11.6 Å². The van der Waals surface area contributed by atoms with E-state index < -0.39 is 5.54 Å². The molecule has 0 aliphatic carbocycles. The van der Waals surface area contributed by atoms with Gasteiger partial charge in [0.05, 0.1) is 6.07 Å². The molecule has 1 aliphatic rings. The molecule has 94 valence electrons. The van der Waals surface area contributed by atoms with E-state index in [0.717, 1.165) is 10.2 Å². The second kappa shape index (κ2) is 5.52. The molecule has 0 aromatic heterocycles. The van der Waals surface area contributed by atoms with Crippen molar-refractivity contribution in [1.82, 2.24) is 5.32 Å². The summed E-state index contributed by atoms with van der Waals surface area (Å²) in [6, 6.07) is 7.20. The number of halogens is 2. The molecule has 6 heteroatoms. The van der Waals surface area contributed by atoms with Crippen LogP contribution < -0.4 is 5.32 Å². The molecule has 1 heterocycles. The van der Waals surface area contributed by atoms with E-state index in [0.29, 0.717) is 22.8 Å². The van der Waals surface area contributed by atoms with Crippen LogP contribution in [0.3, 0.4) is 0 Å². The van der Waals surface area contributed by atoms with E-state index in [1.807, 2.05) is 0 Å². The molecule has 0 radical (unpaired) electrons. The average Bonchev–Trinajstić information content (AvgIpc) is 2.77. The van der Waals surface area contributed by atoms with Gasteiger partial charge in [0.25, 0.3) is 5.91 Å². The van der Waals surface area contributed by atoms with Crippen LogP contribution >= 0.6 is 39.3 Å². The van der Waals surface area contributed by atoms with Crippen LogP contribution in [0.2, 0.25) is 5.02 Å². The zero-order valence-corrected chi connectivity index (χ0v) is 12.5. The van der Waals surface area contributed by atoms with Crippen LogP contribution in [-0.2, 0) is 0 Å². The summed E-state index contributed by atoms with van der Waals surface area (Å²) in [6.45, 7) is 0. The molecule has 2 rings (SSSR count). The molecule has 0 bridgehead atoms. The normalized spacial score (nSPS) is 22.5. The highest BCUT2D eigenvalue weighted by molar-refractivity contribution is 9.10. The topological polar surface area (TPSA) is 52.9 Å². The van der Waals surface area contributed by atoms with Crippen molar-refractivity contribution in [2.45, 2.75) is 12.0 Å². The highest BCUT2D eigenvalue weighted by atomic mass is 79.9. The van der Waals surface area contributed by atoms with Gasteiger partial charge in [-0.05, 0) is 30.4 Å². The predicted molar refractivity (Wildman–Crippen MR) is 76.9 cm³/mol. The third-order valence-electron chi connectivity index (χ3n) is 2.71. The summed E-state index contributed by atoms with van der Waals surface area (Å²) in [5.41, 5.74) is -0.280. The molecule has 0 saturated carbocycles. The summed E-state index contributed by atoms with van der Waals surface area (Å²) in [6.07, 6.45) is 0.682. The van der Waals surface area contributed by atoms with Crippen LogP contribution in [-0.4, -0.2) is 23.0 Å². The van der Waals surface area contributed by atoms with Gasteiger partial charge in [-0.25, -0.2) is 0 Å². The summed E-state index contributed by atoms with van der Waals surface area (Å²) < 4.78 is 0.743. The number of rotatable bonds is 2. The van der Waals surface area contributed by atoms with Crippen LogP contribution in [0.1, 0.15) is 16.8 Å². The second-order valence-electron chi connectivity index (χ2n) is 4.11. The number of nitriles is 1. The van der Waals surface area contributed by atoms with E-state index in [2.05, 4.69) is 27.3 Å². The Bertz CT molecular complexity index is 503. The first-order valence-electron chi connectivity index (χ1n) is 5.32. The van der Waals surface area contributed by atoms with Gasteiger partial charge >= 0.3 is 0 Å². The Morgan fingerprint density at radius 1 is 1.56 bits per heavy atom. The van der Waals surface area contributed by atoms with Gasteiger partial charge in [-0.1, -0.05) is 27.5 Å². The van der Waals surface area contributed by atoms with Crippen LogP contribution in [0.4, 0.5) is 0 Å². The molecule has 1 aromatic rings. The lowest BCUT2D eigenvalue weighted by Gasteiger charge is -2.21. The third kappa shape index (κ3) is 3.00. The van der Waals surface area contributed by atoms with Crippen molar-refractivity contribution < 1.29 is 4.79 Å². The Hall–Kier alpha value is -0.700. The lowest BCUT2D eigenvalue weighted by Crippen LogP contribution is -2.47. The molecule has 1 unspecified atom stereocenters. The molecule has 1 atom stereocenters. The van der Waals surface area contributed by atoms with E-state index in [9.17, 15) is 10.1 Å². The lowest BCUT2D eigenvalue weighted by molar-refractivity contribution is 0.0926. The van der Waals surface area contributed by atoms with Crippen molar-refractivity contribution in [3.8, 4) is 6.07 Å². The van der Waals surface area contributed by atoms with Crippen molar-refractivity contribution in [2.75, 3.05) is 11.5 Å². The molecule has 1 aromatic carbocycles. The third-order valence-corrected chi connectivity index (χ3v) is 4.58. The fraction of sp³-hybridized carbons (Fsp3) is 0.333. The monoisotopic (exact) mass is 344 g/mol. The Balaban J connectivity index is 2.19. The largest absolute Gasteiger partial charge is 0.333 e. The SMILES string of the molecule is N#CC1(NC(=O)c2cc(Cl)cc(Br)c2)CCSC1. The quantitative estimate of drug-likeness (QED) is 0.895. The predicted octanol–water partition coefficient (Wildman–Crippen LogP) is 3.23. The van der Waals surface area contributed by atoms with Gasteiger partial charge in [0, 0.05) is 20.8 Å². The van der Waals surface area contributed by atoms with E-state index in [1.54, 1.807) is 30.0 Å². The van der Waals surface area contributed by atoms with Crippen molar-refractivity contribution in [3.63, 3.8) is 0 Å². The van der Waals surface area contributed by atoms with Gasteiger partial charge < -0.3 is 5.32 Å². The molecule has 1 N–H and O–H groups in total. The summed E-state index contributed by atoms with van der Waals surface area (Å²) in [5.74, 6) is 1.27. The number of amides is 1. The summed E-state index contributed by atoms with van der Waals surface area (Å²) in [5, 5.41) is 12.5. The zero-order valence-electron chi connectivity index (χ0n) is 9.37. The second-order valence-corrected chi connectivity index (χ2v) is 6.57. The van der Waals surface area contributed by atoms with Gasteiger partial charge in [0.2, 0.25) is 0 Å². The Labute approximate surface area is 123 Å². The van der Waals surface area contributed by atoms with Crippen molar-refractivity contribution in [2.24, 2.45) is 0 Å². The number of hydrogen-bond acceptors (Lipinski definition) is 3. The first-order chi connectivity index (χ1) is 8.54. The fourth-order valence-corrected chi connectivity index (χ4v) is 3.88. The van der Waals surface area contributed by atoms with Crippen LogP contribution in [0.25, 0.3) is 0 Å². The van der Waals surface area contributed by atoms with Crippen LogP contribution in [0, 0.1) is 11.3 Å². The lowest BCUT2D eigenvalue weighted by atomic mass is 10.0. The first kappa shape index (κ1) is 13.7. The number of hydrogen-bond donors (Lipinski definition) is 1. The highest BCUT2D eigenvalue weighted by Crippen LogP contribution is 2.28. The highest BCUT2D eigenvalue weighted by Gasteiger charge is 2.36. The molecular weight excluding hydrogens is 336 g/mol. The number of benzene rings is 1. The number of thioether (sulfide) groups is 1. The van der Waals surface area contributed by atoms with Crippen LogP contribution in [0.5, 0.6) is 0 Å². The minimum Gasteiger partial charge on any atom is -0.333 e.